The van der Waals surface area contributed by atoms with Crippen molar-refractivity contribution < 1.29 is 4.79 Å². The van der Waals surface area contributed by atoms with E-state index in [2.05, 4.69) is 6.92 Å². The van der Waals surface area contributed by atoms with Gasteiger partial charge in [0, 0.05) is 18.8 Å². The van der Waals surface area contributed by atoms with Crippen LogP contribution in [-0.2, 0) is 4.79 Å². The van der Waals surface area contributed by atoms with Crippen molar-refractivity contribution in [1.29, 1.82) is 0 Å². The van der Waals surface area contributed by atoms with Crippen LogP contribution >= 0.6 is 11.8 Å². The number of rotatable bonds is 4. The molecule has 14 heavy (non-hydrogen) atoms. The molecule has 1 fully saturated rings. The molecular weight excluding hydrogens is 196 g/mol. The molecule has 1 saturated heterocycles. The van der Waals surface area contributed by atoms with Gasteiger partial charge in [0.1, 0.15) is 0 Å². The van der Waals surface area contributed by atoms with Crippen molar-refractivity contribution in [2.45, 2.75) is 38.3 Å². The average Bonchev–Trinajstić information content (AvgIpc) is 2.68. The number of nitrogens with zero attached hydrogens (tertiary/aromatic N) is 1. The Labute approximate surface area is 90.4 Å². The Kier molecular flexibility index (Phi) is 4.75. The average molecular weight is 216 g/mol. The molecule has 1 heterocycles. The van der Waals surface area contributed by atoms with Gasteiger partial charge in [-0.25, -0.2) is 0 Å². The van der Waals surface area contributed by atoms with Crippen LogP contribution in [0.5, 0.6) is 0 Å². The molecule has 2 N–H and O–H groups in total. The summed E-state index contributed by atoms with van der Waals surface area (Å²) in [6.07, 6.45) is 2.88. The number of nitrogens with two attached hydrogens (primary N) is 1. The minimum absolute atomic E-state index is 0.111. The quantitative estimate of drug-likeness (QED) is 0.765. The summed E-state index contributed by atoms with van der Waals surface area (Å²) >= 11 is 1.92. The Hall–Kier alpha value is -0.220. The predicted molar refractivity (Wildman–Crippen MR) is 61.4 cm³/mol. The number of carbonyl (C=O) groups is 1. The van der Waals surface area contributed by atoms with Gasteiger partial charge < -0.3 is 10.6 Å². The van der Waals surface area contributed by atoms with E-state index in [9.17, 15) is 4.79 Å². The van der Waals surface area contributed by atoms with E-state index in [0.29, 0.717) is 6.04 Å². The van der Waals surface area contributed by atoms with Gasteiger partial charge in [-0.05, 0) is 18.6 Å². The minimum Gasteiger partial charge on any atom is -0.341 e. The van der Waals surface area contributed by atoms with Crippen LogP contribution in [0.4, 0.5) is 0 Å². The molecule has 1 aliphatic heterocycles. The van der Waals surface area contributed by atoms with Gasteiger partial charge in [0.25, 0.3) is 0 Å². The number of carbonyl (C=O) groups excluding carboxylic acids is 1. The van der Waals surface area contributed by atoms with E-state index >= 15 is 0 Å². The third-order valence-corrected chi connectivity index (χ3v) is 3.86. The molecule has 1 rings (SSSR count). The van der Waals surface area contributed by atoms with Crippen LogP contribution in [0.3, 0.4) is 0 Å². The summed E-state index contributed by atoms with van der Waals surface area (Å²) in [5.41, 5.74) is 5.80. The summed E-state index contributed by atoms with van der Waals surface area (Å²) < 4.78 is 0. The largest absolute Gasteiger partial charge is 0.341 e. The van der Waals surface area contributed by atoms with Gasteiger partial charge in [0.2, 0.25) is 5.91 Å². The molecule has 0 saturated carbocycles. The van der Waals surface area contributed by atoms with Crippen molar-refractivity contribution in [3.63, 3.8) is 0 Å². The number of hydrogen-bond acceptors (Lipinski definition) is 3. The second kappa shape index (κ2) is 5.61. The third-order valence-electron chi connectivity index (χ3n) is 2.72. The zero-order valence-corrected chi connectivity index (χ0v) is 9.85. The molecule has 0 radical (unpaired) electrons. The highest BCUT2D eigenvalue weighted by Crippen LogP contribution is 2.21. The van der Waals surface area contributed by atoms with Crippen LogP contribution < -0.4 is 5.73 Å². The van der Waals surface area contributed by atoms with Crippen LogP contribution in [0.1, 0.15) is 26.2 Å². The van der Waals surface area contributed by atoms with E-state index in [-0.39, 0.29) is 11.9 Å². The molecule has 3 nitrogen and oxygen atoms in total. The summed E-state index contributed by atoms with van der Waals surface area (Å²) in [5.74, 6) is 2.35. The van der Waals surface area contributed by atoms with Crippen molar-refractivity contribution in [3.8, 4) is 0 Å². The van der Waals surface area contributed by atoms with Crippen LogP contribution in [-0.4, -0.2) is 41.4 Å². The first-order chi connectivity index (χ1) is 6.66. The Morgan fingerprint density at radius 3 is 2.93 bits per heavy atom. The lowest BCUT2D eigenvalue weighted by molar-refractivity contribution is -0.133. The molecule has 2 atom stereocenters. The highest BCUT2D eigenvalue weighted by molar-refractivity contribution is 7.99. The molecule has 4 heteroatoms. The van der Waals surface area contributed by atoms with Crippen molar-refractivity contribution in [2.75, 3.05) is 18.6 Å². The molecule has 1 aliphatic rings. The van der Waals surface area contributed by atoms with Crippen molar-refractivity contribution in [3.05, 3.63) is 0 Å². The van der Waals surface area contributed by atoms with Crippen molar-refractivity contribution in [1.82, 2.24) is 4.90 Å². The van der Waals surface area contributed by atoms with Gasteiger partial charge in [-0.2, -0.15) is 11.8 Å². The topological polar surface area (TPSA) is 46.3 Å². The minimum atomic E-state index is -0.296. The number of hydrogen-bond donors (Lipinski definition) is 1. The Morgan fingerprint density at radius 2 is 2.43 bits per heavy atom. The SMILES string of the molecule is CCC[C@H](N)C(=O)N(C)C1CCSC1. The smallest absolute Gasteiger partial charge is 0.239 e. The maximum Gasteiger partial charge on any atom is 0.239 e. The fourth-order valence-electron chi connectivity index (χ4n) is 1.70. The summed E-state index contributed by atoms with van der Waals surface area (Å²) in [4.78, 5) is 13.7. The molecule has 0 aromatic rings. The normalized spacial score (nSPS) is 23.5. The van der Waals surface area contributed by atoms with E-state index in [4.69, 9.17) is 5.73 Å². The second-order valence-electron chi connectivity index (χ2n) is 3.86. The molecular formula is C10H20N2OS. The van der Waals surface area contributed by atoms with Gasteiger partial charge in [-0.15, -0.1) is 0 Å². The van der Waals surface area contributed by atoms with E-state index in [1.165, 1.54) is 5.75 Å². The molecule has 1 amide bonds. The highest BCUT2D eigenvalue weighted by Gasteiger charge is 2.26. The van der Waals surface area contributed by atoms with Gasteiger partial charge in [-0.1, -0.05) is 13.3 Å². The first-order valence-corrected chi connectivity index (χ1v) is 6.42. The summed E-state index contributed by atoms with van der Waals surface area (Å²) in [7, 11) is 1.88. The molecule has 0 aromatic carbocycles. The lowest BCUT2D eigenvalue weighted by Gasteiger charge is -2.26. The van der Waals surface area contributed by atoms with E-state index in [1.807, 2.05) is 23.7 Å². The molecule has 0 spiro atoms. The maximum absolute atomic E-state index is 11.8. The first kappa shape index (κ1) is 11.9. The van der Waals surface area contributed by atoms with Crippen molar-refractivity contribution in [2.24, 2.45) is 5.73 Å². The Balaban J connectivity index is 2.42. The van der Waals surface area contributed by atoms with Crippen LogP contribution in [0.25, 0.3) is 0 Å². The van der Waals surface area contributed by atoms with Crippen LogP contribution in [0.15, 0.2) is 0 Å². The zero-order chi connectivity index (χ0) is 10.6. The lowest BCUT2D eigenvalue weighted by atomic mass is 10.1. The first-order valence-electron chi connectivity index (χ1n) is 5.26. The summed E-state index contributed by atoms with van der Waals surface area (Å²) in [5, 5.41) is 0. The maximum atomic E-state index is 11.8. The second-order valence-corrected chi connectivity index (χ2v) is 5.01. The number of likely N-dealkylation sites (N-methyl/N-ethyl adjacent to an activating group) is 1. The van der Waals surface area contributed by atoms with Crippen molar-refractivity contribution >= 4 is 17.7 Å². The van der Waals surface area contributed by atoms with Gasteiger partial charge >= 0.3 is 0 Å². The summed E-state index contributed by atoms with van der Waals surface area (Å²) in [6, 6.07) is 0.117. The van der Waals surface area contributed by atoms with E-state index in [1.54, 1.807) is 0 Å². The monoisotopic (exact) mass is 216 g/mol. The molecule has 82 valence electrons. The Bertz CT molecular complexity index is 193. The molecule has 1 unspecified atom stereocenters. The molecule has 0 bridgehead atoms. The highest BCUT2D eigenvalue weighted by atomic mass is 32.2. The summed E-state index contributed by atoms with van der Waals surface area (Å²) in [6.45, 7) is 2.05. The van der Waals surface area contributed by atoms with E-state index in [0.717, 1.165) is 25.0 Å². The predicted octanol–water partition coefficient (Wildman–Crippen LogP) is 1.08. The fraction of sp³-hybridized carbons (Fsp3) is 0.900. The van der Waals surface area contributed by atoms with E-state index < -0.39 is 0 Å². The molecule has 0 aliphatic carbocycles. The van der Waals surface area contributed by atoms with Crippen LogP contribution in [0.2, 0.25) is 0 Å². The molecule has 0 aromatic heterocycles. The van der Waals surface area contributed by atoms with Crippen LogP contribution in [0, 0.1) is 0 Å². The zero-order valence-electron chi connectivity index (χ0n) is 9.03. The fourth-order valence-corrected chi connectivity index (χ4v) is 2.97. The number of thioether (sulfide) groups is 1. The van der Waals surface area contributed by atoms with Gasteiger partial charge in [0.05, 0.1) is 6.04 Å². The number of amides is 1. The lowest BCUT2D eigenvalue weighted by Crippen LogP contribution is -2.46. The van der Waals surface area contributed by atoms with Gasteiger partial charge in [-0.3, -0.25) is 4.79 Å². The van der Waals surface area contributed by atoms with Gasteiger partial charge in [0.15, 0.2) is 0 Å². The third kappa shape index (κ3) is 2.89. The standard InChI is InChI=1S/C10H20N2OS/c1-3-4-9(11)10(13)12(2)8-5-6-14-7-8/h8-9H,3-7,11H2,1-2H3/t8?,9-/m0/s1. The Morgan fingerprint density at radius 1 is 1.71 bits per heavy atom.